The van der Waals surface area contributed by atoms with Gasteiger partial charge in [-0.2, -0.15) is 5.10 Å². The molecule has 0 bridgehead atoms. The lowest BCUT2D eigenvalue weighted by Crippen LogP contribution is -2.38. The van der Waals surface area contributed by atoms with Crippen LogP contribution in [0, 0.1) is 17.5 Å². The Morgan fingerprint density at radius 1 is 1.13 bits per heavy atom. The van der Waals surface area contributed by atoms with Crippen molar-refractivity contribution < 1.29 is 18.0 Å². The van der Waals surface area contributed by atoms with Gasteiger partial charge in [-0.05, 0) is 36.6 Å². The van der Waals surface area contributed by atoms with Crippen molar-refractivity contribution >= 4 is 34.8 Å². The van der Waals surface area contributed by atoms with Crippen molar-refractivity contribution in [1.29, 1.82) is 0 Å². The largest absolute Gasteiger partial charge is 0.304 e. The number of benzene rings is 2. The maximum atomic E-state index is 14.7. The van der Waals surface area contributed by atoms with Crippen molar-refractivity contribution in [2.45, 2.75) is 26.3 Å². The highest BCUT2D eigenvalue weighted by Gasteiger charge is 2.33. The van der Waals surface area contributed by atoms with Gasteiger partial charge in [-0.1, -0.05) is 42.3 Å². The van der Waals surface area contributed by atoms with Crippen LogP contribution in [0.25, 0.3) is 0 Å². The molecule has 2 heterocycles. The van der Waals surface area contributed by atoms with Gasteiger partial charge in [-0.25, -0.2) is 17.9 Å². The number of hydrogen-bond acceptors (Lipinski definition) is 2. The quantitative estimate of drug-likeness (QED) is 0.528. The number of carbonyl (C=O) groups excluding carboxylic acids is 1. The van der Waals surface area contributed by atoms with E-state index in [0.29, 0.717) is 18.4 Å². The molecule has 0 saturated carbocycles. The number of rotatable bonds is 4. The van der Waals surface area contributed by atoms with E-state index in [4.69, 9.17) is 23.2 Å². The molecule has 2 aromatic carbocycles. The molecule has 0 aliphatic carbocycles. The normalized spacial score (nSPS) is 13.7. The van der Waals surface area contributed by atoms with Gasteiger partial charge in [-0.3, -0.25) is 4.79 Å². The number of aryl methyl sites for hydroxylation is 1. The highest BCUT2D eigenvalue weighted by atomic mass is 35.5. The molecular formula is C21H16Cl2F3N3O. The van der Waals surface area contributed by atoms with Gasteiger partial charge in [0.2, 0.25) is 0 Å². The van der Waals surface area contributed by atoms with Crippen molar-refractivity contribution in [3.05, 3.63) is 80.3 Å². The fourth-order valence-electron chi connectivity index (χ4n) is 3.52. The molecule has 0 spiro atoms. The van der Waals surface area contributed by atoms with E-state index in [0.717, 1.165) is 11.6 Å². The summed E-state index contributed by atoms with van der Waals surface area (Å²) in [6.45, 7) is 1.94. The van der Waals surface area contributed by atoms with Crippen molar-refractivity contribution in [2.75, 3.05) is 11.4 Å². The number of anilines is 1. The molecule has 0 N–H and O–H groups in total. The van der Waals surface area contributed by atoms with Gasteiger partial charge in [0.05, 0.1) is 17.3 Å². The van der Waals surface area contributed by atoms with Crippen molar-refractivity contribution in [3.63, 3.8) is 0 Å². The minimum Gasteiger partial charge on any atom is -0.304 e. The molecule has 156 valence electrons. The molecule has 4 rings (SSSR count). The third-order valence-electron chi connectivity index (χ3n) is 5.13. The van der Waals surface area contributed by atoms with Crippen molar-refractivity contribution in [1.82, 2.24) is 9.78 Å². The first-order chi connectivity index (χ1) is 14.3. The van der Waals surface area contributed by atoms with Crippen LogP contribution < -0.4 is 4.90 Å². The fraction of sp³-hybridized carbons (Fsp3) is 0.238. The smallest absolute Gasteiger partial charge is 0.279 e. The lowest BCUT2D eigenvalue weighted by Gasteiger charge is -2.27. The summed E-state index contributed by atoms with van der Waals surface area (Å²) in [7, 11) is 0. The van der Waals surface area contributed by atoms with Crippen LogP contribution >= 0.6 is 23.2 Å². The minimum absolute atomic E-state index is 0.0505. The Labute approximate surface area is 180 Å². The first-order valence-corrected chi connectivity index (χ1v) is 10.0. The highest BCUT2D eigenvalue weighted by Crippen LogP contribution is 2.33. The van der Waals surface area contributed by atoms with E-state index in [9.17, 15) is 18.0 Å². The van der Waals surface area contributed by atoms with Crippen LogP contribution in [-0.4, -0.2) is 22.2 Å². The molecular weight excluding hydrogens is 438 g/mol. The summed E-state index contributed by atoms with van der Waals surface area (Å²) in [4.78, 5) is 14.3. The van der Waals surface area contributed by atoms with Gasteiger partial charge in [0.25, 0.3) is 5.91 Å². The van der Waals surface area contributed by atoms with Gasteiger partial charge in [0, 0.05) is 17.7 Å². The molecule has 4 nitrogen and oxygen atoms in total. The Kier molecular flexibility index (Phi) is 5.51. The predicted octanol–water partition coefficient (Wildman–Crippen LogP) is 5.42. The summed E-state index contributed by atoms with van der Waals surface area (Å²) in [5.41, 5.74) is 1.47. The first-order valence-electron chi connectivity index (χ1n) is 9.29. The third kappa shape index (κ3) is 3.46. The fourth-order valence-corrected chi connectivity index (χ4v) is 4.04. The van der Waals surface area contributed by atoms with Crippen LogP contribution in [0.5, 0.6) is 0 Å². The van der Waals surface area contributed by atoms with Crippen LogP contribution in [0.3, 0.4) is 0 Å². The maximum Gasteiger partial charge on any atom is 0.279 e. The van der Waals surface area contributed by atoms with E-state index < -0.39 is 23.4 Å². The van der Waals surface area contributed by atoms with Crippen molar-refractivity contribution in [2.24, 2.45) is 0 Å². The monoisotopic (exact) mass is 453 g/mol. The zero-order chi connectivity index (χ0) is 21.6. The SMILES string of the molecule is CCc1cc(Cl)c(F)c(N2CCc3c(nn(Cc4cccc(F)c4F)c3Cl)C2=O)c1. The van der Waals surface area contributed by atoms with E-state index in [1.54, 1.807) is 6.07 Å². The highest BCUT2D eigenvalue weighted by molar-refractivity contribution is 6.32. The molecule has 0 saturated heterocycles. The van der Waals surface area contributed by atoms with Gasteiger partial charge in [-0.15, -0.1) is 0 Å². The standard InChI is InChI=1S/C21H16Cl2F3N3O/c1-2-11-8-14(22)18(26)16(9-11)28-7-6-13-19(21(28)30)27-29(20(13)23)10-12-4-3-5-15(24)17(12)25/h3-5,8-9H,2,6-7,10H2,1H3. The number of fused-ring (bicyclic) bond motifs is 1. The molecule has 30 heavy (non-hydrogen) atoms. The summed E-state index contributed by atoms with van der Waals surface area (Å²) >= 11 is 12.4. The Morgan fingerprint density at radius 2 is 1.90 bits per heavy atom. The Morgan fingerprint density at radius 3 is 2.63 bits per heavy atom. The predicted molar refractivity (Wildman–Crippen MR) is 109 cm³/mol. The number of amides is 1. The van der Waals surface area contributed by atoms with E-state index >= 15 is 0 Å². The molecule has 0 atom stereocenters. The minimum atomic E-state index is -0.997. The number of aromatic nitrogens is 2. The molecule has 3 aromatic rings. The molecule has 1 aliphatic rings. The van der Waals surface area contributed by atoms with Crippen LogP contribution in [0.2, 0.25) is 10.2 Å². The van der Waals surface area contributed by atoms with Crippen LogP contribution in [0.4, 0.5) is 18.9 Å². The Hall–Kier alpha value is -2.51. The van der Waals surface area contributed by atoms with Gasteiger partial charge in [0.1, 0.15) is 5.15 Å². The number of nitrogens with zero attached hydrogens (tertiary/aromatic N) is 3. The summed E-state index contributed by atoms with van der Waals surface area (Å²) in [5, 5.41) is 4.32. The summed E-state index contributed by atoms with van der Waals surface area (Å²) in [5.74, 6) is -3.19. The average Bonchev–Trinajstić information content (AvgIpc) is 3.04. The number of halogens is 5. The maximum absolute atomic E-state index is 14.7. The molecule has 1 aliphatic heterocycles. The number of hydrogen-bond donors (Lipinski definition) is 0. The second-order valence-corrected chi connectivity index (χ2v) is 7.72. The number of carbonyl (C=O) groups is 1. The average molecular weight is 454 g/mol. The molecule has 0 unspecified atom stereocenters. The van der Waals surface area contributed by atoms with Crippen molar-refractivity contribution in [3.8, 4) is 0 Å². The van der Waals surface area contributed by atoms with Gasteiger partial charge >= 0.3 is 0 Å². The van der Waals surface area contributed by atoms with E-state index in [2.05, 4.69) is 5.10 Å². The Bertz CT molecular complexity index is 1160. The molecule has 1 amide bonds. The lowest BCUT2D eigenvalue weighted by molar-refractivity contribution is 0.0974. The van der Waals surface area contributed by atoms with Crippen LogP contribution in [-0.2, 0) is 19.4 Å². The van der Waals surface area contributed by atoms with Gasteiger partial charge < -0.3 is 4.90 Å². The second-order valence-electron chi connectivity index (χ2n) is 6.96. The first kappa shape index (κ1) is 20.8. The van der Waals surface area contributed by atoms with E-state index in [-0.39, 0.29) is 40.2 Å². The molecule has 1 aromatic heterocycles. The van der Waals surface area contributed by atoms with Crippen LogP contribution in [0.1, 0.15) is 34.1 Å². The van der Waals surface area contributed by atoms with E-state index in [1.165, 1.54) is 27.8 Å². The molecule has 9 heteroatoms. The summed E-state index contributed by atoms with van der Waals surface area (Å²) < 4.78 is 43.4. The Balaban J connectivity index is 1.70. The zero-order valence-electron chi connectivity index (χ0n) is 15.9. The molecule has 0 radical (unpaired) electrons. The summed E-state index contributed by atoms with van der Waals surface area (Å²) in [6.07, 6.45) is 0.957. The van der Waals surface area contributed by atoms with Crippen LogP contribution in [0.15, 0.2) is 30.3 Å². The summed E-state index contributed by atoms with van der Waals surface area (Å²) in [6, 6.07) is 6.92. The molecule has 0 fully saturated rings. The van der Waals surface area contributed by atoms with E-state index in [1.807, 2.05) is 6.92 Å². The topological polar surface area (TPSA) is 38.1 Å². The zero-order valence-corrected chi connectivity index (χ0v) is 17.4. The third-order valence-corrected chi connectivity index (χ3v) is 5.83. The lowest BCUT2D eigenvalue weighted by atomic mass is 10.0. The van der Waals surface area contributed by atoms with Gasteiger partial charge in [0.15, 0.2) is 23.1 Å². The second kappa shape index (κ2) is 7.96.